The lowest BCUT2D eigenvalue weighted by atomic mass is 10.0. The molecule has 0 atom stereocenters. The lowest BCUT2D eigenvalue weighted by Crippen LogP contribution is -2.04. The minimum Gasteiger partial charge on any atom is -0.290 e. The van der Waals surface area contributed by atoms with Gasteiger partial charge >= 0.3 is 0 Å². The molecule has 0 aromatic carbocycles. The Balaban J connectivity index is 3.45. The summed E-state index contributed by atoms with van der Waals surface area (Å²) in [5.41, 5.74) is -0.514. The monoisotopic (exact) mass is 84.1 g/mol. The van der Waals surface area contributed by atoms with Gasteiger partial charge in [-0.1, -0.05) is 13.8 Å². The fourth-order valence-corrected chi connectivity index (χ4v) is 0. The van der Waals surface area contributed by atoms with Gasteiger partial charge in [-0.25, -0.2) is 0 Å². The second-order valence-corrected chi connectivity index (χ2v) is 1.99. The van der Waals surface area contributed by atoms with Crippen LogP contribution in [0.1, 0.15) is 13.8 Å². The molecule has 0 rings (SSSR count). The molecule has 0 N–H and O–H groups in total. The summed E-state index contributed by atoms with van der Waals surface area (Å²) in [4.78, 5) is 9.64. The maximum absolute atomic E-state index is 9.64. The molecule has 0 aromatic rings. The van der Waals surface area contributed by atoms with Crippen LogP contribution in [0.2, 0.25) is 0 Å². The molecule has 2 radical (unpaired) electrons. The maximum Gasteiger partial charge on any atom is 0.204 e. The van der Waals surface area contributed by atoms with Crippen molar-refractivity contribution >= 4 is 6.29 Å². The van der Waals surface area contributed by atoms with Gasteiger partial charge < -0.3 is 0 Å². The van der Waals surface area contributed by atoms with Gasteiger partial charge in [0, 0.05) is 5.41 Å². The van der Waals surface area contributed by atoms with E-state index in [1.165, 1.54) is 0 Å². The van der Waals surface area contributed by atoms with Gasteiger partial charge in [0.25, 0.3) is 0 Å². The van der Waals surface area contributed by atoms with Crippen LogP contribution in [0.3, 0.4) is 0 Å². The van der Waals surface area contributed by atoms with Gasteiger partial charge in [-0.05, 0) is 6.92 Å². The summed E-state index contributed by atoms with van der Waals surface area (Å²) in [6.45, 7) is 6.88. The summed E-state index contributed by atoms with van der Waals surface area (Å²) in [6.07, 6.45) is 1.74. The number of carbonyl (C=O) groups excluding carboxylic acids is 1. The zero-order valence-electron chi connectivity index (χ0n) is 4.12. The summed E-state index contributed by atoms with van der Waals surface area (Å²) in [6, 6.07) is 0. The first kappa shape index (κ1) is 5.67. The first-order valence-corrected chi connectivity index (χ1v) is 1.81. The van der Waals surface area contributed by atoms with Crippen LogP contribution in [0.4, 0.5) is 0 Å². The first-order chi connectivity index (χ1) is 2.56. The van der Waals surface area contributed by atoms with Crippen molar-refractivity contribution in [2.75, 3.05) is 0 Å². The molecule has 1 heteroatoms. The number of hydrogen-bond donors (Lipinski definition) is 0. The Bertz CT molecular complexity index is 49.4. The van der Waals surface area contributed by atoms with Crippen molar-refractivity contribution in [1.29, 1.82) is 0 Å². The van der Waals surface area contributed by atoms with Gasteiger partial charge in [0.2, 0.25) is 6.29 Å². The van der Waals surface area contributed by atoms with E-state index in [0.29, 0.717) is 0 Å². The Hall–Kier alpha value is -0.330. The lowest BCUT2D eigenvalue weighted by molar-refractivity contribution is 0.504. The molecular formula is C5H8O. The first-order valence-electron chi connectivity index (χ1n) is 1.81. The van der Waals surface area contributed by atoms with Crippen LogP contribution in [-0.2, 0) is 4.79 Å². The SMILES string of the molecule is [CH2]C(C)(C)[C]=O. The highest BCUT2D eigenvalue weighted by Crippen LogP contribution is 2.04. The highest BCUT2D eigenvalue weighted by molar-refractivity contribution is 5.59. The molecule has 0 heterocycles. The van der Waals surface area contributed by atoms with Crippen molar-refractivity contribution < 1.29 is 4.79 Å². The van der Waals surface area contributed by atoms with E-state index in [-0.39, 0.29) is 0 Å². The standard InChI is InChI=1S/C5H8O/c1-5(2,3)4-6/h1H2,2-3H3. The van der Waals surface area contributed by atoms with Gasteiger partial charge in [0.05, 0.1) is 0 Å². The van der Waals surface area contributed by atoms with E-state index in [1.807, 2.05) is 0 Å². The molecule has 0 saturated heterocycles. The van der Waals surface area contributed by atoms with Crippen molar-refractivity contribution in [2.24, 2.45) is 5.41 Å². The Labute approximate surface area is 38.4 Å². The molecule has 0 spiro atoms. The Morgan fingerprint density at radius 1 is 1.67 bits per heavy atom. The third kappa shape index (κ3) is 3.67. The molecule has 34 valence electrons. The Kier molecular flexibility index (Phi) is 1.34. The van der Waals surface area contributed by atoms with E-state index in [1.54, 1.807) is 20.1 Å². The largest absolute Gasteiger partial charge is 0.290 e. The average molecular weight is 84.1 g/mol. The second-order valence-electron chi connectivity index (χ2n) is 1.99. The molecule has 0 fully saturated rings. The highest BCUT2D eigenvalue weighted by Gasteiger charge is 2.06. The smallest absolute Gasteiger partial charge is 0.204 e. The van der Waals surface area contributed by atoms with Crippen molar-refractivity contribution in [3.05, 3.63) is 6.92 Å². The van der Waals surface area contributed by atoms with Gasteiger partial charge in [0.15, 0.2) is 0 Å². The number of rotatable bonds is 1. The van der Waals surface area contributed by atoms with Crippen molar-refractivity contribution in [3.8, 4) is 0 Å². The minimum atomic E-state index is -0.514. The fraction of sp³-hybridized carbons (Fsp3) is 0.600. The predicted molar refractivity (Wildman–Crippen MR) is 24.8 cm³/mol. The summed E-state index contributed by atoms with van der Waals surface area (Å²) in [7, 11) is 0. The normalized spacial score (nSPS) is 11.2. The molecule has 0 amide bonds. The van der Waals surface area contributed by atoms with E-state index >= 15 is 0 Å². The third-order valence-electron chi connectivity index (χ3n) is 0.276. The van der Waals surface area contributed by atoms with Crippen LogP contribution in [-0.4, -0.2) is 6.29 Å². The summed E-state index contributed by atoms with van der Waals surface area (Å²) in [5, 5.41) is 0. The van der Waals surface area contributed by atoms with E-state index in [9.17, 15) is 4.79 Å². The quantitative estimate of drug-likeness (QED) is 0.462. The van der Waals surface area contributed by atoms with Gasteiger partial charge in [-0.3, -0.25) is 4.79 Å². The minimum absolute atomic E-state index is 0.514. The van der Waals surface area contributed by atoms with Crippen LogP contribution in [0.15, 0.2) is 0 Å². The molecule has 0 bridgehead atoms. The molecule has 6 heavy (non-hydrogen) atoms. The van der Waals surface area contributed by atoms with E-state index < -0.39 is 5.41 Å². The molecule has 0 aliphatic carbocycles. The Morgan fingerprint density at radius 2 is 1.83 bits per heavy atom. The summed E-state index contributed by atoms with van der Waals surface area (Å²) >= 11 is 0. The van der Waals surface area contributed by atoms with Crippen molar-refractivity contribution in [1.82, 2.24) is 0 Å². The van der Waals surface area contributed by atoms with Gasteiger partial charge in [0.1, 0.15) is 0 Å². The van der Waals surface area contributed by atoms with E-state index in [4.69, 9.17) is 0 Å². The third-order valence-corrected chi connectivity index (χ3v) is 0.276. The van der Waals surface area contributed by atoms with Crippen LogP contribution < -0.4 is 0 Å². The Morgan fingerprint density at radius 3 is 1.83 bits per heavy atom. The second kappa shape index (κ2) is 1.41. The maximum atomic E-state index is 9.64. The lowest BCUT2D eigenvalue weighted by Gasteiger charge is -2.01. The predicted octanol–water partition coefficient (Wildman–Crippen LogP) is 0.956. The van der Waals surface area contributed by atoms with Gasteiger partial charge in [-0.2, -0.15) is 0 Å². The molecule has 0 unspecified atom stereocenters. The molecule has 0 aliphatic rings. The topological polar surface area (TPSA) is 17.1 Å². The molecular weight excluding hydrogens is 76.1 g/mol. The van der Waals surface area contributed by atoms with E-state index in [0.717, 1.165) is 0 Å². The van der Waals surface area contributed by atoms with Crippen LogP contribution in [0, 0.1) is 12.3 Å². The van der Waals surface area contributed by atoms with Crippen LogP contribution in [0.25, 0.3) is 0 Å². The zero-order chi connectivity index (χ0) is 5.21. The molecule has 1 nitrogen and oxygen atoms in total. The van der Waals surface area contributed by atoms with Crippen molar-refractivity contribution in [2.45, 2.75) is 13.8 Å². The zero-order valence-corrected chi connectivity index (χ0v) is 4.12. The van der Waals surface area contributed by atoms with Crippen molar-refractivity contribution in [3.63, 3.8) is 0 Å². The summed E-state index contributed by atoms with van der Waals surface area (Å²) < 4.78 is 0. The van der Waals surface area contributed by atoms with Gasteiger partial charge in [-0.15, -0.1) is 0 Å². The molecule has 0 aliphatic heterocycles. The van der Waals surface area contributed by atoms with E-state index in [2.05, 4.69) is 6.92 Å². The molecule has 0 saturated carbocycles. The average Bonchev–Trinajstić information content (AvgIpc) is 1.35. The fourth-order valence-electron chi connectivity index (χ4n) is 0. The van der Waals surface area contributed by atoms with Crippen LogP contribution in [0.5, 0.6) is 0 Å². The molecule has 0 aromatic heterocycles. The van der Waals surface area contributed by atoms with Crippen LogP contribution >= 0.6 is 0 Å². The highest BCUT2D eigenvalue weighted by atomic mass is 16.1. The number of hydrogen-bond acceptors (Lipinski definition) is 1. The summed E-state index contributed by atoms with van der Waals surface area (Å²) in [5.74, 6) is 0.